The van der Waals surface area contributed by atoms with Crippen molar-refractivity contribution < 1.29 is 14.5 Å². The number of halogens is 2. The van der Waals surface area contributed by atoms with E-state index in [1.807, 2.05) is 0 Å². The number of non-ortho nitro benzene ring substituents is 1. The van der Waals surface area contributed by atoms with E-state index in [0.717, 1.165) is 5.56 Å². The Labute approximate surface area is 115 Å². The molecule has 0 atom stereocenters. The Morgan fingerprint density at radius 1 is 1.53 bits per heavy atom. The molecule has 0 aliphatic carbocycles. The van der Waals surface area contributed by atoms with Crippen LogP contribution in [0.4, 0.5) is 5.69 Å². The molecule has 0 saturated carbocycles. The first-order chi connectivity index (χ1) is 7.99. The molecule has 0 heterocycles. The van der Waals surface area contributed by atoms with Gasteiger partial charge in [-0.05, 0) is 11.1 Å². The van der Waals surface area contributed by atoms with Gasteiger partial charge in [0.2, 0.25) is 0 Å². The number of methoxy groups -OCH3 is 1. The molecule has 0 N–H and O–H groups in total. The van der Waals surface area contributed by atoms with E-state index in [2.05, 4.69) is 36.6 Å². The Bertz CT molecular complexity index is 462. The molecular formula is C10H9Br2NO4. The molecule has 0 unspecified atom stereocenters. The number of alkyl halides is 1. The number of esters is 1. The number of carbonyl (C=O) groups is 1. The van der Waals surface area contributed by atoms with Crippen molar-refractivity contribution in [3.05, 3.63) is 37.8 Å². The molecule has 0 radical (unpaired) electrons. The van der Waals surface area contributed by atoms with Crippen LogP contribution in [0.25, 0.3) is 0 Å². The van der Waals surface area contributed by atoms with Gasteiger partial charge in [0.1, 0.15) is 0 Å². The second kappa shape index (κ2) is 6.11. The maximum atomic E-state index is 11.2. The number of carbonyl (C=O) groups excluding carboxylic acids is 1. The molecule has 1 aromatic carbocycles. The Morgan fingerprint density at radius 2 is 2.18 bits per heavy atom. The fourth-order valence-electron chi connectivity index (χ4n) is 1.32. The molecule has 0 aliphatic rings. The molecule has 92 valence electrons. The fourth-order valence-corrected chi connectivity index (χ4v) is 2.99. The minimum absolute atomic E-state index is 0.0116. The first kappa shape index (κ1) is 14.1. The summed E-state index contributed by atoms with van der Waals surface area (Å²) in [5, 5.41) is 11.2. The summed E-state index contributed by atoms with van der Waals surface area (Å²) < 4.78 is 5.15. The van der Waals surface area contributed by atoms with Crippen molar-refractivity contribution in [2.24, 2.45) is 0 Å². The van der Waals surface area contributed by atoms with Gasteiger partial charge in [-0.3, -0.25) is 14.9 Å². The lowest BCUT2D eigenvalue weighted by atomic mass is 10.1. The second-order valence-corrected chi connectivity index (χ2v) is 4.62. The SMILES string of the molecule is COC(=O)Cc1cc([N+](=O)[O-])cc(Br)c1CBr. The van der Waals surface area contributed by atoms with Gasteiger partial charge in [0.15, 0.2) is 0 Å². The van der Waals surface area contributed by atoms with Crippen LogP contribution < -0.4 is 0 Å². The van der Waals surface area contributed by atoms with Gasteiger partial charge in [0, 0.05) is 21.9 Å². The molecule has 5 nitrogen and oxygen atoms in total. The van der Waals surface area contributed by atoms with Crippen molar-refractivity contribution in [3.63, 3.8) is 0 Å². The highest BCUT2D eigenvalue weighted by Gasteiger charge is 2.16. The number of hydrogen-bond acceptors (Lipinski definition) is 4. The van der Waals surface area contributed by atoms with Crippen LogP contribution in [0.15, 0.2) is 16.6 Å². The predicted octanol–water partition coefficient (Wildman–Crippen LogP) is 2.97. The minimum Gasteiger partial charge on any atom is -0.469 e. The van der Waals surface area contributed by atoms with Crippen LogP contribution in [0, 0.1) is 10.1 Å². The smallest absolute Gasteiger partial charge is 0.309 e. The lowest BCUT2D eigenvalue weighted by molar-refractivity contribution is -0.385. The maximum Gasteiger partial charge on any atom is 0.309 e. The molecule has 0 bridgehead atoms. The summed E-state index contributed by atoms with van der Waals surface area (Å²) in [6.07, 6.45) is 0.0116. The molecule has 0 amide bonds. The summed E-state index contributed by atoms with van der Waals surface area (Å²) in [4.78, 5) is 21.4. The summed E-state index contributed by atoms with van der Waals surface area (Å²) >= 11 is 6.53. The van der Waals surface area contributed by atoms with Crippen molar-refractivity contribution in [1.29, 1.82) is 0 Å². The molecule has 0 saturated heterocycles. The third-order valence-corrected chi connectivity index (χ3v) is 3.45. The number of ether oxygens (including phenoxy) is 1. The van der Waals surface area contributed by atoms with Gasteiger partial charge in [0.05, 0.1) is 18.5 Å². The van der Waals surface area contributed by atoms with Crippen molar-refractivity contribution in [1.82, 2.24) is 0 Å². The number of nitro groups is 1. The number of benzene rings is 1. The van der Waals surface area contributed by atoms with Crippen molar-refractivity contribution in [3.8, 4) is 0 Å². The van der Waals surface area contributed by atoms with E-state index >= 15 is 0 Å². The Hall–Kier alpha value is -0.950. The lowest BCUT2D eigenvalue weighted by Crippen LogP contribution is -2.07. The fraction of sp³-hybridized carbons (Fsp3) is 0.300. The van der Waals surface area contributed by atoms with E-state index in [0.29, 0.717) is 15.4 Å². The average molecular weight is 367 g/mol. The monoisotopic (exact) mass is 365 g/mol. The standard InChI is InChI=1S/C10H9Br2NO4/c1-17-10(14)3-6-2-7(13(15)16)4-9(12)8(6)5-11/h2,4H,3,5H2,1H3. The Kier molecular flexibility index (Phi) is 5.07. The lowest BCUT2D eigenvalue weighted by Gasteiger charge is -2.08. The molecule has 1 aromatic rings. The van der Waals surface area contributed by atoms with Gasteiger partial charge >= 0.3 is 5.97 Å². The van der Waals surface area contributed by atoms with Crippen LogP contribution in [-0.4, -0.2) is 18.0 Å². The van der Waals surface area contributed by atoms with E-state index in [-0.39, 0.29) is 12.1 Å². The zero-order valence-corrected chi connectivity index (χ0v) is 12.1. The molecule has 0 spiro atoms. The summed E-state index contributed by atoms with van der Waals surface area (Å²) in [6, 6.07) is 2.80. The highest BCUT2D eigenvalue weighted by molar-refractivity contribution is 9.10. The Morgan fingerprint density at radius 3 is 2.65 bits per heavy atom. The summed E-state index contributed by atoms with van der Waals surface area (Å²) in [6.45, 7) is 0. The molecule has 0 aliphatic heterocycles. The average Bonchev–Trinajstić information content (AvgIpc) is 2.28. The van der Waals surface area contributed by atoms with Crippen LogP contribution in [0.2, 0.25) is 0 Å². The van der Waals surface area contributed by atoms with Gasteiger partial charge in [-0.2, -0.15) is 0 Å². The first-order valence-corrected chi connectivity index (χ1v) is 6.49. The van der Waals surface area contributed by atoms with E-state index in [1.165, 1.54) is 19.2 Å². The van der Waals surface area contributed by atoms with Gasteiger partial charge < -0.3 is 4.74 Å². The van der Waals surface area contributed by atoms with Crippen LogP contribution in [0.3, 0.4) is 0 Å². The van der Waals surface area contributed by atoms with Crippen LogP contribution >= 0.6 is 31.9 Å². The number of rotatable bonds is 4. The summed E-state index contributed by atoms with van der Waals surface area (Å²) in [5.41, 5.74) is 1.33. The molecule has 17 heavy (non-hydrogen) atoms. The molecular weight excluding hydrogens is 358 g/mol. The highest BCUT2D eigenvalue weighted by Crippen LogP contribution is 2.29. The molecule has 0 aromatic heterocycles. The topological polar surface area (TPSA) is 69.4 Å². The summed E-state index contributed by atoms with van der Waals surface area (Å²) in [5.74, 6) is -0.431. The number of hydrogen-bond donors (Lipinski definition) is 0. The van der Waals surface area contributed by atoms with Gasteiger partial charge in [-0.15, -0.1) is 0 Å². The predicted molar refractivity (Wildman–Crippen MR) is 69.1 cm³/mol. The van der Waals surface area contributed by atoms with Crippen molar-refractivity contribution in [2.45, 2.75) is 11.8 Å². The van der Waals surface area contributed by atoms with E-state index < -0.39 is 10.9 Å². The van der Waals surface area contributed by atoms with Crippen LogP contribution in [0.5, 0.6) is 0 Å². The van der Waals surface area contributed by atoms with E-state index in [4.69, 9.17) is 0 Å². The number of nitro benzene ring substituents is 1. The quantitative estimate of drug-likeness (QED) is 0.355. The molecule has 0 fully saturated rings. The molecule has 7 heteroatoms. The van der Waals surface area contributed by atoms with E-state index in [9.17, 15) is 14.9 Å². The zero-order valence-electron chi connectivity index (χ0n) is 8.91. The van der Waals surface area contributed by atoms with Crippen LogP contribution in [-0.2, 0) is 21.3 Å². The second-order valence-electron chi connectivity index (χ2n) is 3.21. The van der Waals surface area contributed by atoms with Gasteiger partial charge in [-0.25, -0.2) is 0 Å². The first-order valence-electron chi connectivity index (χ1n) is 4.58. The highest BCUT2D eigenvalue weighted by atomic mass is 79.9. The normalized spacial score (nSPS) is 10.1. The van der Waals surface area contributed by atoms with E-state index in [1.54, 1.807) is 0 Å². The third-order valence-electron chi connectivity index (χ3n) is 2.18. The number of nitrogens with zero attached hydrogens (tertiary/aromatic N) is 1. The van der Waals surface area contributed by atoms with Gasteiger partial charge in [-0.1, -0.05) is 31.9 Å². The third kappa shape index (κ3) is 3.50. The largest absolute Gasteiger partial charge is 0.469 e. The Balaban J connectivity index is 3.23. The zero-order chi connectivity index (χ0) is 13.0. The minimum atomic E-state index is -0.496. The van der Waals surface area contributed by atoms with Crippen molar-refractivity contribution >= 4 is 43.5 Å². The van der Waals surface area contributed by atoms with Crippen molar-refractivity contribution in [2.75, 3.05) is 7.11 Å². The van der Waals surface area contributed by atoms with Gasteiger partial charge in [0.25, 0.3) is 5.69 Å². The van der Waals surface area contributed by atoms with Crippen LogP contribution in [0.1, 0.15) is 11.1 Å². The maximum absolute atomic E-state index is 11.2. The molecule has 1 rings (SSSR count). The summed E-state index contributed by atoms with van der Waals surface area (Å²) in [7, 11) is 1.28.